The monoisotopic (exact) mass is 881 g/mol. The van der Waals surface area contributed by atoms with E-state index >= 15 is 0 Å². The van der Waals surface area contributed by atoms with Gasteiger partial charge in [-0.2, -0.15) is 0 Å². The maximum atomic E-state index is 6.12. The van der Waals surface area contributed by atoms with E-state index in [2.05, 4.69) is 82.1 Å². The van der Waals surface area contributed by atoms with Crippen molar-refractivity contribution in [2.24, 2.45) is 5.73 Å². The van der Waals surface area contributed by atoms with E-state index in [-0.39, 0.29) is 0 Å². The number of nitrogens with one attached hydrogen (secondary N) is 3. The van der Waals surface area contributed by atoms with Crippen LogP contribution >= 0.6 is 0 Å². The average Bonchev–Trinajstić information content (AvgIpc) is 4.20. The molecule has 7 heterocycles. The second kappa shape index (κ2) is 21.0. The van der Waals surface area contributed by atoms with Gasteiger partial charge in [0.2, 0.25) is 0 Å². The average molecular weight is 882 g/mol. The van der Waals surface area contributed by atoms with Gasteiger partial charge < -0.3 is 55.8 Å². The van der Waals surface area contributed by atoms with Gasteiger partial charge in [-0.15, -0.1) is 0 Å². The van der Waals surface area contributed by atoms with Gasteiger partial charge in [0.05, 0.1) is 27.0 Å². The van der Waals surface area contributed by atoms with Crippen molar-refractivity contribution in [3.05, 3.63) is 152 Å². The molecule has 0 radical (unpaired) electrons. The van der Waals surface area contributed by atoms with Crippen molar-refractivity contribution >= 4 is 50.2 Å². The SMILES string of the molecule is COc1ccc(-c2cc3c(N)ccnc3[nH]2)cc1.COc1ccc(-c2cc3c(N)ccnc3n2CCCCN)cc1.COc1cccc(-c2cc3c(NCCn4cccc4)ccnc3[nH]2)c1. The lowest BCUT2D eigenvalue weighted by Crippen LogP contribution is -2.09. The number of pyridine rings is 3. The van der Waals surface area contributed by atoms with Crippen LogP contribution in [0.3, 0.4) is 0 Å². The number of nitrogen functional groups attached to an aromatic ring is 2. The maximum Gasteiger partial charge on any atom is 0.142 e. The van der Waals surface area contributed by atoms with Gasteiger partial charge in [0.25, 0.3) is 0 Å². The number of aromatic nitrogens is 7. The molecule has 0 bridgehead atoms. The summed E-state index contributed by atoms with van der Waals surface area (Å²) in [5.41, 5.74) is 29.3. The topological polar surface area (TPSA) is 198 Å². The predicted molar refractivity (Wildman–Crippen MR) is 268 cm³/mol. The molecule has 7 aromatic heterocycles. The van der Waals surface area contributed by atoms with E-state index in [4.69, 9.17) is 31.4 Å². The Morgan fingerprint density at radius 3 is 1.83 bits per heavy atom. The molecule has 0 aliphatic carbocycles. The van der Waals surface area contributed by atoms with Crippen molar-refractivity contribution in [2.45, 2.75) is 25.9 Å². The van der Waals surface area contributed by atoms with E-state index in [0.29, 0.717) is 6.54 Å². The van der Waals surface area contributed by atoms with Crippen LogP contribution in [0.1, 0.15) is 12.8 Å². The number of nitrogens with zero attached hydrogens (tertiary/aromatic N) is 5. The fraction of sp³-hybridized carbons (Fsp3) is 0.173. The number of ether oxygens (including phenoxy) is 3. The summed E-state index contributed by atoms with van der Waals surface area (Å²) < 4.78 is 20.1. The molecule has 336 valence electrons. The first kappa shape index (κ1) is 44.4. The molecule has 0 amide bonds. The molecule has 0 atom stereocenters. The quantitative estimate of drug-likeness (QED) is 0.0572. The summed E-state index contributed by atoms with van der Waals surface area (Å²) in [6, 6.07) is 39.9. The number of rotatable bonds is 14. The van der Waals surface area contributed by atoms with Crippen molar-refractivity contribution in [2.75, 3.05) is 51.2 Å². The number of hydrogen-bond acceptors (Lipinski definition) is 10. The van der Waals surface area contributed by atoms with Crippen molar-refractivity contribution < 1.29 is 14.2 Å². The Labute approximate surface area is 383 Å². The molecule has 10 rings (SSSR count). The zero-order valence-corrected chi connectivity index (χ0v) is 37.4. The molecule has 0 spiro atoms. The normalized spacial score (nSPS) is 10.9. The first-order valence-electron chi connectivity index (χ1n) is 21.8. The van der Waals surface area contributed by atoms with Gasteiger partial charge in [-0.25, -0.2) is 15.0 Å². The molecule has 14 heteroatoms. The molecule has 0 fully saturated rings. The summed E-state index contributed by atoms with van der Waals surface area (Å²) in [7, 11) is 5.00. The number of aromatic amines is 2. The Morgan fingerprint density at radius 2 is 1.17 bits per heavy atom. The third-order valence-corrected chi connectivity index (χ3v) is 11.3. The van der Waals surface area contributed by atoms with Gasteiger partial charge in [-0.1, -0.05) is 12.1 Å². The van der Waals surface area contributed by atoms with E-state index in [1.807, 2.05) is 91.1 Å². The predicted octanol–water partition coefficient (Wildman–Crippen LogP) is 10.0. The highest BCUT2D eigenvalue weighted by atomic mass is 16.5. The number of hydrogen-bond donors (Lipinski definition) is 6. The van der Waals surface area contributed by atoms with Gasteiger partial charge in [-0.05, 0) is 140 Å². The van der Waals surface area contributed by atoms with Crippen LogP contribution in [0.15, 0.2) is 152 Å². The van der Waals surface area contributed by atoms with Crippen LogP contribution in [-0.2, 0) is 13.1 Å². The third kappa shape index (κ3) is 10.2. The largest absolute Gasteiger partial charge is 0.497 e. The zero-order chi connectivity index (χ0) is 45.8. The lowest BCUT2D eigenvalue weighted by molar-refractivity contribution is 0.414. The zero-order valence-electron chi connectivity index (χ0n) is 37.4. The van der Waals surface area contributed by atoms with Crippen LogP contribution in [0, 0.1) is 0 Å². The van der Waals surface area contributed by atoms with Crippen molar-refractivity contribution in [1.29, 1.82) is 0 Å². The van der Waals surface area contributed by atoms with Gasteiger partial charge in [0.1, 0.15) is 34.2 Å². The standard InChI is InChI=1S/C20H20N4O.C18H22N4O.C14H13N3O/c1-25-16-6-4-5-15(13-16)19-14-17-18(7-8-22-20(17)23-19)21-9-12-24-10-2-3-11-24;1-23-14-6-4-13(5-7-14)17-12-15-16(20)8-10-21-18(15)22(17)11-3-2-9-19;1-18-10-4-2-9(3-5-10)13-8-11-12(15)6-7-16-14(11)17-13/h2-8,10-11,13-14H,9,12H2,1H3,(H2,21,22,23);4-8,10,12H,2-3,9,11,19H2,1H3,(H2,20,21);2-8H,1H3,(H3,15,16,17). The summed E-state index contributed by atoms with van der Waals surface area (Å²) in [5, 5.41) is 6.54. The van der Waals surface area contributed by atoms with Crippen LogP contribution < -0.4 is 36.7 Å². The number of aryl methyl sites for hydroxylation is 1. The summed E-state index contributed by atoms with van der Waals surface area (Å²) in [6.45, 7) is 3.35. The van der Waals surface area contributed by atoms with Crippen molar-refractivity contribution in [3.63, 3.8) is 0 Å². The fourth-order valence-corrected chi connectivity index (χ4v) is 7.75. The Hall–Kier alpha value is -8.23. The number of fused-ring (bicyclic) bond motifs is 3. The van der Waals surface area contributed by atoms with Crippen LogP contribution in [0.25, 0.3) is 66.9 Å². The molecular formula is C52H55N11O3. The Bertz CT molecular complexity index is 3120. The van der Waals surface area contributed by atoms with E-state index in [0.717, 1.165) is 134 Å². The minimum Gasteiger partial charge on any atom is -0.497 e. The first-order chi connectivity index (χ1) is 32.3. The van der Waals surface area contributed by atoms with Crippen molar-refractivity contribution in [1.82, 2.24) is 34.1 Å². The van der Waals surface area contributed by atoms with Gasteiger partial charge >= 0.3 is 0 Å². The number of methoxy groups -OCH3 is 3. The number of benzene rings is 3. The van der Waals surface area contributed by atoms with E-state index in [1.165, 1.54) is 0 Å². The summed E-state index contributed by atoms with van der Waals surface area (Å²) in [5.74, 6) is 2.53. The number of anilines is 3. The Morgan fingerprint density at radius 1 is 0.561 bits per heavy atom. The molecule has 14 nitrogen and oxygen atoms in total. The highest BCUT2D eigenvalue weighted by Gasteiger charge is 2.14. The van der Waals surface area contributed by atoms with E-state index in [9.17, 15) is 0 Å². The Kier molecular flexibility index (Phi) is 14.1. The fourth-order valence-electron chi connectivity index (χ4n) is 7.75. The highest BCUT2D eigenvalue weighted by molar-refractivity contribution is 5.95. The van der Waals surface area contributed by atoms with Crippen molar-refractivity contribution in [3.8, 4) is 51.0 Å². The molecule has 0 saturated heterocycles. The van der Waals surface area contributed by atoms with E-state index < -0.39 is 0 Å². The minimum atomic E-state index is 0.701. The summed E-state index contributed by atoms with van der Waals surface area (Å²) >= 11 is 0. The molecule has 0 unspecified atom stereocenters. The minimum absolute atomic E-state index is 0.701. The summed E-state index contributed by atoms with van der Waals surface area (Å²) in [4.78, 5) is 19.9. The lowest BCUT2D eigenvalue weighted by Gasteiger charge is -2.10. The van der Waals surface area contributed by atoms with E-state index in [1.54, 1.807) is 39.8 Å². The lowest BCUT2D eigenvalue weighted by atomic mass is 10.1. The molecule has 66 heavy (non-hydrogen) atoms. The second-order valence-corrected chi connectivity index (χ2v) is 15.5. The van der Waals surface area contributed by atoms with Crippen LogP contribution in [0.4, 0.5) is 17.1 Å². The molecule has 0 aliphatic heterocycles. The number of nitrogens with two attached hydrogens (primary N) is 3. The maximum absolute atomic E-state index is 6.12. The molecule has 10 aromatic rings. The van der Waals surface area contributed by atoms with Gasteiger partial charge in [0, 0.05) is 101 Å². The first-order valence-corrected chi connectivity index (χ1v) is 21.8. The summed E-state index contributed by atoms with van der Waals surface area (Å²) in [6.07, 6.45) is 11.4. The third-order valence-electron chi connectivity index (χ3n) is 11.3. The van der Waals surface area contributed by atoms with Crippen LogP contribution in [0.2, 0.25) is 0 Å². The van der Waals surface area contributed by atoms with Gasteiger partial charge in [-0.3, -0.25) is 0 Å². The molecular weight excluding hydrogens is 827 g/mol. The highest BCUT2D eigenvalue weighted by Crippen LogP contribution is 2.33. The second-order valence-electron chi connectivity index (χ2n) is 15.5. The van der Waals surface area contributed by atoms with Crippen LogP contribution in [0.5, 0.6) is 17.2 Å². The molecule has 9 N–H and O–H groups in total. The number of H-pyrrole nitrogens is 2. The van der Waals surface area contributed by atoms with Gasteiger partial charge in [0.15, 0.2) is 0 Å². The number of unbranched alkanes of at least 4 members (excludes halogenated alkanes) is 1. The molecule has 3 aromatic carbocycles. The van der Waals surface area contributed by atoms with Crippen LogP contribution in [-0.4, -0.2) is 68.5 Å². The Balaban J connectivity index is 0.000000136. The molecule has 0 aliphatic rings. The molecule has 0 saturated carbocycles. The smallest absolute Gasteiger partial charge is 0.142 e.